The summed E-state index contributed by atoms with van der Waals surface area (Å²) < 4.78 is 0. The first-order valence-corrected chi connectivity index (χ1v) is 9.19. The van der Waals surface area contributed by atoms with E-state index < -0.39 is 0 Å². The molecule has 0 bridgehead atoms. The van der Waals surface area contributed by atoms with Gasteiger partial charge in [-0.2, -0.15) is 0 Å². The molecule has 0 radical (unpaired) electrons. The Bertz CT molecular complexity index is 595. The minimum Gasteiger partial charge on any atom is -0.336 e. The van der Waals surface area contributed by atoms with Crippen molar-refractivity contribution in [2.24, 2.45) is 11.8 Å². The van der Waals surface area contributed by atoms with Crippen LogP contribution in [0.4, 0.5) is 5.69 Å². The summed E-state index contributed by atoms with van der Waals surface area (Å²) in [6.07, 6.45) is 2.86. The second-order valence-corrected chi connectivity index (χ2v) is 7.35. The molecule has 0 spiro atoms. The van der Waals surface area contributed by atoms with Crippen molar-refractivity contribution < 1.29 is 9.59 Å². The summed E-state index contributed by atoms with van der Waals surface area (Å²) in [6, 6.07) is 5.91. The molecule has 1 heterocycles. The van der Waals surface area contributed by atoms with Crippen molar-refractivity contribution in [3.05, 3.63) is 29.3 Å². The Kier molecular flexibility index (Phi) is 9.09. The zero-order chi connectivity index (χ0) is 18.4. The van der Waals surface area contributed by atoms with Gasteiger partial charge in [0.15, 0.2) is 0 Å². The van der Waals surface area contributed by atoms with Gasteiger partial charge in [-0.3, -0.25) is 9.59 Å². The van der Waals surface area contributed by atoms with Crippen LogP contribution >= 0.6 is 12.4 Å². The molecule has 0 aromatic heterocycles. The number of para-hydroxylation sites is 1. The molecular formula is C20H32ClN3O2. The number of halogens is 1. The quantitative estimate of drug-likeness (QED) is 0.795. The van der Waals surface area contributed by atoms with Crippen LogP contribution in [0, 0.1) is 25.7 Å². The standard InChI is InChI=1S/C20H31N3O2.ClH/c1-14-7-5-8-15(2)20(14)22-18(24)13-23(4)19(25)11-16(3)17-9-6-10-21-12-17;/h5,7-8,16-17,21H,6,9-13H2,1-4H3,(H,22,24);1H. The third-order valence-corrected chi connectivity index (χ3v) is 5.19. The fourth-order valence-corrected chi connectivity index (χ4v) is 3.46. The van der Waals surface area contributed by atoms with Gasteiger partial charge in [-0.1, -0.05) is 25.1 Å². The van der Waals surface area contributed by atoms with Gasteiger partial charge in [0.05, 0.1) is 6.54 Å². The summed E-state index contributed by atoms with van der Waals surface area (Å²) in [6.45, 7) is 8.23. The fourth-order valence-electron chi connectivity index (χ4n) is 3.46. The second-order valence-electron chi connectivity index (χ2n) is 7.35. The van der Waals surface area contributed by atoms with E-state index in [1.54, 1.807) is 7.05 Å². The van der Waals surface area contributed by atoms with E-state index in [0.717, 1.165) is 29.9 Å². The smallest absolute Gasteiger partial charge is 0.243 e. The van der Waals surface area contributed by atoms with Crippen LogP contribution in [0.2, 0.25) is 0 Å². The van der Waals surface area contributed by atoms with Gasteiger partial charge in [-0.15, -0.1) is 12.4 Å². The van der Waals surface area contributed by atoms with E-state index in [9.17, 15) is 9.59 Å². The van der Waals surface area contributed by atoms with Crippen LogP contribution < -0.4 is 10.6 Å². The highest BCUT2D eigenvalue weighted by Crippen LogP contribution is 2.23. The number of anilines is 1. The average molecular weight is 382 g/mol. The predicted molar refractivity (Wildman–Crippen MR) is 109 cm³/mol. The molecule has 1 saturated heterocycles. The zero-order valence-corrected chi connectivity index (χ0v) is 17.1. The van der Waals surface area contributed by atoms with Crippen molar-refractivity contribution >= 4 is 29.9 Å². The molecule has 1 aliphatic heterocycles. The van der Waals surface area contributed by atoms with Gasteiger partial charge in [-0.25, -0.2) is 0 Å². The Morgan fingerprint density at radius 2 is 1.96 bits per heavy atom. The Morgan fingerprint density at radius 3 is 2.54 bits per heavy atom. The van der Waals surface area contributed by atoms with E-state index in [1.165, 1.54) is 17.7 Å². The molecule has 6 heteroatoms. The maximum atomic E-state index is 12.4. The van der Waals surface area contributed by atoms with E-state index in [4.69, 9.17) is 0 Å². The summed E-state index contributed by atoms with van der Waals surface area (Å²) >= 11 is 0. The summed E-state index contributed by atoms with van der Waals surface area (Å²) in [7, 11) is 1.71. The third-order valence-electron chi connectivity index (χ3n) is 5.19. The van der Waals surface area contributed by atoms with Crippen LogP contribution in [0.15, 0.2) is 18.2 Å². The number of nitrogens with one attached hydrogen (secondary N) is 2. The molecule has 2 N–H and O–H groups in total. The van der Waals surface area contributed by atoms with Crippen molar-refractivity contribution in [3.8, 4) is 0 Å². The lowest BCUT2D eigenvalue weighted by Crippen LogP contribution is -2.38. The molecular weight excluding hydrogens is 350 g/mol. The van der Waals surface area contributed by atoms with Gasteiger partial charge in [-0.05, 0) is 62.7 Å². The number of amides is 2. The molecule has 1 aromatic carbocycles. The number of aryl methyl sites for hydroxylation is 2. The summed E-state index contributed by atoms with van der Waals surface area (Å²) in [4.78, 5) is 26.3. The Labute approximate surface area is 163 Å². The number of carbonyl (C=O) groups is 2. The highest BCUT2D eigenvalue weighted by atomic mass is 35.5. The first-order chi connectivity index (χ1) is 11.9. The van der Waals surface area contributed by atoms with E-state index in [1.807, 2.05) is 32.0 Å². The molecule has 1 aromatic rings. The fraction of sp³-hybridized carbons (Fsp3) is 0.600. The van der Waals surface area contributed by atoms with E-state index in [2.05, 4.69) is 17.6 Å². The van der Waals surface area contributed by atoms with Crippen LogP contribution in [-0.4, -0.2) is 43.4 Å². The summed E-state index contributed by atoms with van der Waals surface area (Å²) in [5, 5.41) is 6.34. The topological polar surface area (TPSA) is 61.4 Å². The number of likely N-dealkylation sites (N-methyl/N-ethyl adjacent to an activating group) is 1. The van der Waals surface area contributed by atoms with Crippen molar-refractivity contribution in [3.63, 3.8) is 0 Å². The minimum atomic E-state index is -0.153. The summed E-state index contributed by atoms with van der Waals surface area (Å²) in [5.74, 6) is 0.772. The lowest BCUT2D eigenvalue weighted by atomic mass is 9.85. The zero-order valence-electron chi connectivity index (χ0n) is 16.3. The molecule has 1 fully saturated rings. The average Bonchev–Trinajstić information content (AvgIpc) is 2.59. The monoisotopic (exact) mass is 381 g/mol. The molecule has 1 aliphatic rings. The maximum Gasteiger partial charge on any atom is 0.243 e. The second kappa shape index (κ2) is 10.5. The number of benzene rings is 1. The first kappa shape index (κ1) is 22.5. The van der Waals surface area contributed by atoms with Crippen molar-refractivity contribution in [1.82, 2.24) is 10.2 Å². The largest absolute Gasteiger partial charge is 0.336 e. The molecule has 2 unspecified atom stereocenters. The Hall–Kier alpha value is -1.59. The molecule has 0 saturated carbocycles. The van der Waals surface area contributed by atoms with Gasteiger partial charge >= 0.3 is 0 Å². The normalized spacial score (nSPS) is 17.8. The maximum absolute atomic E-state index is 12.4. The molecule has 146 valence electrons. The van der Waals surface area contributed by atoms with Gasteiger partial charge < -0.3 is 15.5 Å². The Balaban J connectivity index is 0.00000338. The molecule has 2 atom stereocenters. The number of hydrogen-bond donors (Lipinski definition) is 2. The SMILES string of the molecule is Cc1cccc(C)c1NC(=O)CN(C)C(=O)CC(C)C1CCCNC1.Cl. The molecule has 2 amide bonds. The highest BCUT2D eigenvalue weighted by molar-refractivity contribution is 5.95. The lowest BCUT2D eigenvalue weighted by molar-refractivity contribution is -0.134. The van der Waals surface area contributed by atoms with E-state index in [-0.39, 0.29) is 30.8 Å². The van der Waals surface area contributed by atoms with Crippen LogP contribution in [0.1, 0.15) is 37.3 Å². The van der Waals surface area contributed by atoms with Crippen LogP contribution in [0.5, 0.6) is 0 Å². The number of hydrogen-bond acceptors (Lipinski definition) is 3. The van der Waals surface area contributed by atoms with Crippen molar-refractivity contribution in [2.75, 3.05) is 32.0 Å². The molecule has 0 aliphatic carbocycles. The molecule has 5 nitrogen and oxygen atoms in total. The number of nitrogens with zero attached hydrogens (tertiary/aromatic N) is 1. The van der Waals surface area contributed by atoms with Crippen molar-refractivity contribution in [1.29, 1.82) is 0 Å². The third kappa shape index (κ3) is 6.29. The minimum absolute atomic E-state index is 0. The van der Waals surface area contributed by atoms with Crippen molar-refractivity contribution in [2.45, 2.75) is 40.0 Å². The summed E-state index contributed by atoms with van der Waals surface area (Å²) in [5.41, 5.74) is 2.90. The van der Waals surface area contributed by atoms with Gasteiger partial charge in [0.25, 0.3) is 0 Å². The van der Waals surface area contributed by atoms with E-state index in [0.29, 0.717) is 18.3 Å². The molecule has 26 heavy (non-hydrogen) atoms. The van der Waals surface area contributed by atoms with Crippen LogP contribution in [-0.2, 0) is 9.59 Å². The van der Waals surface area contributed by atoms with Gasteiger partial charge in [0.2, 0.25) is 11.8 Å². The lowest BCUT2D eigenvalue weighted by Gasteiger charge is -2.29. The van der Waals surface area contributed by atoms with Gasteiger partial charge in [0.1, 0.15) is 0 Å². The number of rotatable bonds is 6. The highest BCUT2D eigenvalue weighted by Gasteiger charge is 2.24. The van der Waals surface area contributed by atoms with Crippen LogP contribution in [0.25, 0.3) is 0 Å². The van der Waals surface area contributed by atoms with E-state index >= 15 is 0 Å². The number of carbonyl (C=O) groups excluding carboxylic acids is 2. The van der Waals surface area contributed by atoms with Gasteiger partial charge in [0, 0.05) is 19.2 Å². The predicted octanol–water partition coefficient (Wildman–Crippen LogP) is 3.15. The Morgan fingerprint density at radius 1 is 1.31 bits per heavy atom. The number of piperidine rings is 1. The van der Waals surface area contributed by atoms with Crippen LogP contribution in [0.3, 0.4) is 0 Å². The molecule has 2 rings (SSSR count). The first-order valence-electron chi connectivity index (χ1n) is 9.19.